The Labute approximate surface area is 98.0 Å². The van der Waals surface area contributed by atoms with E-state index in [1.54, 1.807) is 7.05 Å². The molecule has 0 aromatic carbocycles. The highest BCUT2D eigenvalue weighted by Crippen LogP contribution is 2.05. The topological polar surface area (TPSA) is 46.6 Å². The van der Waals surface area contributed by atoms with Crippen LogP contribution >= 0.6 is 0 Å². The molecule has 0 saturated heterocycles. The molecular weight excluding hydrogens is 206 g/mol. The maximum atomic E-state index is 11.2. The number of amides is 1. The second-order valence-electron chi connectivity index (χ2n) is 4.03. The molecule has 0 spiro atoms. The highest BCUT2D eigenvalue weighted by atomic mass is 16.5. The Morgan fingerprint density at radius 2 is 1.75 bits per heavy atom. The molecule has 94 valence electrons. The normalized spacial score (nSPS) is 9.94. The largest absolute Gasteiger partial charge is 0.444 e. The summed E-state index contributed by atoms with van der Waals surface area (Å²) in [4.78, 5) is 23.4. The van der Waals surface area contributed by atoms with Gasteiger partial charge in [0.15, 0.2) is 6.73 Å². The minimum Gasteiger partial charge on any atom is -0.444 e. The lowest BCUT2D eigenvalue weighted by Crippen LogP contribution is -2.28. The van der Waals surface area contributed by atoms with Crippen molar-refractivity contribution >= 4 is 11.9 Å². The van der Waals surface area contributed by atoms with Gasteiger partial charge in [0.1, 0.15) is 0 Å². The first kappa shape index (κ1) is 14.9. The molecule has 0 radical (unpaired) electrons. The minimum atomic E-state index is -0.218. The van der Waals surface area contributed by atoms with E-state index >= 15 is 0 Å². The maximum absolute atomic E-state index is 11.2. The first-order valence-electron chi connectivity index (χ1n) is 5.95. The van der Waals surface area contributed by atoms with Gasteiger partial charge >= 0.3 is 5.97 Å². The van der Waals surface area contributed by atoms with E-state index in [0.717, 1.165) is 12.8 Å². The van der Waals surface area contributed by atoms with Crippen LogP contribution in [-0.4, -0.2) is 30.6 Å². The van der Waals surface area contributed by atoms with Gasteiger partial charge in [0, 0.05) is 20.4 Å². The molecule has 0 unspecified atom stereocenters. The van der Waals surface area contributed by atoms with Crippen LogP contribution in [0.25, 0.3) is 0 Å². The molecule has 0 aliphatic heterocycles. The van der Waals surface area contributed by atoms with Gasteiger partial charge in [0.25, 0.3) is 0 Å². The average Bonchev–Trinajstić information content (AvgIpc) is 2.25. The van der Waals surface area contributed by atoms with Crippen molar-refractivity contribution in [1.29, 1.82) is 0 Å². The number of unbranched alkanes of at least 4 members (excludes halogenated alkanes) is 4. The Kier molecular flexibility index (Phi) is 8.58. The molecule has 0 bridgehead atoms. The van der Waals surface area contributed by atoms with Gasteiger partial charge in [-0.2, -0.15) is 0 Å². The molecule has 0 aliphatic rings. The Balaban J connectivity index is 3.41. The molecule has 0 N–H and O–H groups in total. The SMILES string of the molecule is CCCCCCCC(=O)OCN(C)C(C)=O. The summed E-state index contributed by atoms with van der Waals surface area (Å²) in [6, 6.07) is 0. The van der Waals surface area contributed by atoms with Gasteiger partial charge in [-0.25, -0.2) is 0 Å². The highest BCUT2D eigenvalue weighted by Gasteiger charge is 2.06. The van der Waals surface area contributed by atoms with Crippen LogP contribution in [0.1, 0.15) is 52.4 Å². The van der Waals surface area contributed by atoms with Gasteiger partial charge in [0.2, 0.25) is 5.91 Å². The summed E-state index contributed by atoms with van der Waals surface area (Å²) in [5.74, 6) is -0.319. The smallest absolute Gasteiger partial charge is 0.307 e. The Morgan fingerprint density at radius 1 is 1.12 bits per heavy atom. The van der Waals surface area contributed by atoms with Gasteiger partial charge in [-0.05, 0) is 6.42 Å². The molecule has 1 amide bonds. The molecule has 0 aromatic rings. The fraction of sp³-hybridized carbons (Fsp3) is 0.833. The summed E-state index contributed by atoms with van der Waals surface area (Å²) in [6.45, 7) is 3.66. The lowest BCUT2D eigenvalue weighted by Gasteiger charge is -2.14. The minimum absolute atomic E-state index is 0.0587. The summed E-state index contributed by atoms with van der Waals surface area (Å²) in [5, 5.41) is 0. The lowest BCUT2D eigenvalue weighted by atomic mass is 10.1. The van der Waals surface area contributed by atoms with E-state index in [4.69, 9.17) is 4.74 Å². The zero-order chi connectivity index (χ0) is 12.4. The van der Waals surface area contributed by atoms with Crippen LogP contribution in [0.4, 0.5) is 0 Å². The molecule has 0 aromatic heterocycles. The standard InChI is InChI=1S/C12H23NO3/c1-4-5-6-7-8-9-12(15)16-10-13(3)11(2)14/h4-10H2,1-3H3. The van der Waals surface area contributed by atoms with Crippen molar-refractivity contribution in [3.05, 3.63) is 0 Å². The molecule has 16 heavy (non-hydrogen) atoms. The number of carbonyl (C=O) groups excluding carboxylic acids is 2. The average molecular weight is 229 g/mol. The van der Waals surface area contributed by atoms with Gasteiger partial charge < -0.3 is 9.64 Å². The third-order valence-corrected chi connectivity index (χ3v) is 2.44. The van der Waals surface area contributed by atoms with E-state index in [1.165, 1.54) is 31.1 Å². The highest BCUT2D eigenvalue weighted by molar-refractivity contribution is 5.73. The van der Waals surface area contributed by atoms with Crippen molar-refractivity contribution in [2.45, 2.75) is 52.4 Å². The zero-order valence-corrected chi connectivity index (χ0v) is 10.6. The monoisotopic (exact) mass is 229 g/mol. The summed E-state index contributed by atoms with van der Waals surface area (Å²) >= 11 is 0. The quantitative estimate of drug-likeness (QED) is 0.364. The van der Waals surface area contributed by atoms with E-state index in [0.29, 0.717) is 6.42 Å². The van der Waals surface area contributed by atoms with Crippen LogP contribution in [0.5, 0.6) is 0 Å². The zero-order valence-electron chi connectivity index (χ0n) is 10.6. The Morgan fingerprint density at radius 3 is 2.31 bits per heavy atom. The number of rotatable bonds is 8. The third-order valence-electron chi connectivity index (χ3n) is 2.44. The van der Waals surface area contributed by atoms with Gasteiger partial charge in [-0.3, -0.25) is 9.59 Å². The Hall–Kier alpha value is -1.06. The van der Waals surface area contributed by atoms with Crippen LogP contribution in [0.15, 0.2) is 0 Å². The summed E-state index contributed by atoms with van der Waals surface area (Å²) in [7, 11) is 1.61. The first-order valence-corrected chi connectivity index (χ1v) is 5.95. The van der Waals surface area contributed by atoms with E-state index < -0.39 is 0 Å². The summed E-state index contributed by atoms with van der Waals surface area (Å²) in [5.41, 5.74) is 0. The Bertz CT molecular complexity index is 216. The van der Waals surface area contributed by atoms with Crippen LogP contribution < -0.4 is 0 Å². The molecule has 4 nitrogen and oxygen atoms in total. The molecular formula is C12H23NO3. The third kappa shape index (κ3) is 8.26. The van der Waals surface area contributed by atoms with E-state index in [-0.39, 0.29) is 18.6 Å². The number of carbonyl (C=O) groups is 2. The molecule has 0 fully saturated rings. The second-order valence-corrected chi connectivity index (χ2v) is 4.03. The van der Waals surface area contributed by atoms with Gasteiger partial charge in [-0.15, -0.1) is 0 Å². The maximum Gasteiger partial charge on any atom is 0.307 e. The predicted molar refractivity (Wildman–Crippen MR) is 62.8 cm³/mol. The van der Waals surface area contributed by atoms with Crippen molar-refractivity contribution in [3.63, 3.8) is 0 Å². The molecule has 0 saturated carbocycles. The van der Waals surface area contributed by atoms with Gasteiger partial charge in [-0.1, -0.05) is 32.6 Å². The molecule has 0 rings (SSSR count). The number of esters is 1. The van der Waals surface area contributed by atoms with Gasteiger partial charge in [0.05, 0.1) is 0 Å². The van der Waals surface area contributed by atoms with Crippen molar-refractivity contribution in [2.75, 3.05) is 13.8 Å². The van der Waals surface area contributed by atoms with Crippen LogP contribution in [-0.2, 0) is 14.3 Å². The van der Waals surface area contributed by atoms with Crippen molar-refractivity contribution in [2.24, 2.45) is 0 Å². The van der Waals surface area contributed by atoms with Crippen molar-refractivity contribution in [3.8, 4) is 0 Å². The molecule has 0 heterocycles. The number of ether oxygens (including phenoxy) is 1. The van der Waals surface area contributed by atoms with Crippen LogP contribution in [0.2, 0.25) is 0 Å². The number of hydrogen-bond acceptors (Lipinski definition) is 3. The lowest BCUT2D eigenvalue weighted by molar-refractivity contribution is -0.151. The second kappa shape index (κ2) is 9.19. The molecule has 0 aliphatic carbocycles. The molecule has 0 atom stereocenters. The van der Waals surface area contributed by atoms with Crippen LogP contribution in [0, 0.1) is 0 Å². The fourth-order valence-electron chi connectivity index (χ4n) is 1.20. The number of hydrogen-bond donors (Lipinski definition) is 0. The van der Waals surface area contributed by atoms with E-state index in [9.17, 15) is 9.59 Å². The van der Waals surface area contributed by atoms with Crippen molar-refractivity contribution < 1.29 is 14.3 Å². The fourth-order valence-corrected chi connectivity index (χ4v) is 1.20. The predicted octanol–water partition coefficient (Wildman–Crippen LogP) is 2.33. The van der Waals surface area contributed by atoms with E-state index in [1.807, 2.05) is 0 Å². The summed E-state index contributed by atoms with van der Waals surface area (Å²) in [6.07, 6.45) is 6.01. The first-order chi connectivity index (χ1) is 7.57. The molecule has 4 heteroatoms. The summed E-state index contributed by atoms with van der Waals surface area (Å²) < 4.78 is 4.94. The number of nitrogens with zero attached hydrogens (tertiary/aromatic N) is 1. The van der Waals surface area contributed by atoms with Crippen molar-refractivity contribution in [1.82, 2.24) is 4.90 Å². The van der Waals surface area contributed by atoms with E-state index in [2.05, 4.69) is 6.92 Å². The van der Waals surface area contributed by atoms with Crippen LogP contribution in [0.3, 0.4) is 0 Å².